The van der Waals surface area contributed by atoms with Crippen LogP contribution in [0.1, 0.15) is 0 Å². The van der Waals surface area contributed by atoms with Gasteiger partial charge < -0.3 is 11.5 Å². The molecule has 5 aromatic carbocycles. The number of nitrogen functional groups attached to an aromatic ring is 2. The second-order valence-electron chi connectivity index (χ2n) is 7.80. The fourth-order valence-corrected chi connectivity index (χ4v) is 4.86. The summed E-state index contributed by atoms with van der Waals surface area (Å²) >= 11 is 0. The first-order valence-corrected chi connectivity index (χ1v) is 10.1. The summed E-state index contributed by atoms with van der Waals surface area (Å²) in [4.78, 5) is 0. The Bertz CT molecular complexity index is 1440. The highest BCUT2D eigenvalue weighted by Gasteiger charge is 2.29. The first-order chi connectivity index (χ1) is 14.7. The van der Waals surface area contributed by atoms with Gasteiger partial charge in [0.25, 0.3) is 0 Å². The van der Waals surface area contributed by atoms with Crippen LogP contribution >= 0.6 is 0 Å². The van der Waals surface area contributed by atoms with Crippen molar-refractivity contribution in [2.75, 3.05) is 11.5 Å². The normalized spacial score (nSPS) is 11.6. The molecule has 0 saturated heterocycles. The maximum absolute atomic E-state index is 6.73. The third-order valence-corrected chi connectivity index (χ3v) is 6.12. The largest absolute Gasteiger partial charge is 0.398 e. The van der Waals surface area contributed by atoms with Gasteiger partial charge in [-0.05, 0) is 50.9 Å². The second-order valence-corrected chi connectivity index (χ2v) is 7.80. The van der Waals surface area contributed by atoms with Crippen molar-refractivity contribution in [1.82, 2.24) is 0 Å². The summed E-state index contributed by atoms with van der Waals surface area (Å²) in [7, 11) is 0. The number of hydrogen-bond acceptors (Lipinski definition) is 2. The molecule has 0 aliphatic heterocycles. The lowest BCUT2D eigenvalue weighted by molar-refractivity contribution is 1.58. The second kappa shape index (κ2) is 6.23. The molecule has 1 aliphatic carbocycles. The Morgan fingerprint density at radius 1 is 0.433 bits per heavy atom. The Morgan fingerprint density at radius 2 is 1.10 bits per heavy atom. The molecule has 0 radical (unpaired) electrons. The molecule has 5 aromatic rings. The smallest absolute Gasteiger partial charge is 0.0406 e. The lowest BCUT2D eigenvalue weighted by Gasteiger charge is -2.18. The van der Waals surface area contributed by atoms with Crippen molar-refractivity contribution in [2.24, 2.45) is 0 Å². The summed E-state index contributed by atoms with van der Waals surface area (Å²) in [6, 6.07) is 33.6. The van der Waals surface area contributed by atoms with E-state index in [0.29, 0.717) is 0 Å². The number of fused-ring (bicyclic) bond motifs is 3. The maximum atomic E-state index is 6.73. The maximum Gasteiger partial charge on any atom is 0.0406 e. The van der Waals surface area contributed by atoms with Crippen molar-refractivity contribution >= 4 is 22.1 Å². The van der Waals surface area contributed by atoms with E-state index in [1.165, 1.54) is 27.6 Å². The molecule has 0 amide bonds. The van der Waals surface area contributed by atoms with Crippen LogP contribution in [0.4, 0.5) is 11.4 Å². The van der Waals surface area contributed by atoms with E-state index < -0.39 is 0 Å². The van der Waals surface area contributed by atoms with Crippen LogP contribution in [0.3, 0.4) is 0 Å². The van der Waals surface area contributed by atoms with Gasteiger partial charge in [-0.15, -0.1) is 0 Å². The van der Waals surface area contributed by atoms with Gasteiger partial charge in [0.05, 0.1) is 0 Å². The van der Waals surface area contributed by atoms with Gasteiger partial charge in [-0.3, -0.25) is 0 Å². The van der Waals surface area contributed by atoms with E-state index in [1.54, 1.807) is 0 Å². The molecule has 2 nitrogen and oxygen atoms in total. The minimum atomic E-state index is 0.789. The minimum Gasteiger partial charge on any atom is -0.398 e. The summed E-state index contributed by atoms with van der Waals surface area (Å²) in [6.07, 6.45) is 0. The average Bonchev–Trinajstić information content (AvgIpc) is 3.12. The fraction of sp³-hybridized carbons (Fsp3) is 0. The van der Waals surface area contributed by atoms with Crippen LogP contribution < -0.4 is 11.5 Å². The van der Waals surface area contributed by atoms with E-state index in [4.69, 9.17) is 11.5 Å². The SMILES string of the molecule is Nc1cc(-c2ccccc2)c2c(c1-c1ccccc1)-c1cccc3c(N)ccc-2c13. The van der Waals surface area contributed by atoms with E-state index in [9.17, 15) is 0 Å². The zero-order chi connectivity index (χ0) is 20.2. The molecular formula is C28H20N2. The first kappa shape index (κ1) is 16.9. The van der Waals surface area contributed by atoms with Gasteiger partial charge in [-0.1, -0.05) is 84.9 Å². The molecule has 0 bridgehead atoms. The predicted molar refractivity (Wildman–Crippen MR) is 128 cm³/mol. The van der Waals surface area contributed by atoms with Crippen LogP contribution in [0.25, 0.3) is 55.3 Å². The summed E-state index contributed by atoms with van der Waals surface area (Å²) in [5, 5.41) is 2.31. The topological polar surface area (TPSA) is 52.0 Å². The Morgan fingerprint density at radius 3 is 1.83 bits per heavy atom. The molecule has 0 fully saturated rings. The third-order valence-electron chi connectivity index (χ3n) is 6.12. The van der Waals surface area contributed by atoms with Gasteiger partial charge in [0.1, 0.15) is 0 Å². The fourth-order valence-electron chi connectivity index (χ4n) is 4.86. The molecular weight excluding hydrogens is 364 g/mol. The van der Waals surface area contributed by atoms with Crippen molar-refractivity contribution < 1.29 is 0 Å². The lowest BCUT2D eigenvalue weighted by atomic mass is 9.86. The summed E-state index contributed by atoms with van der Waals surface area (Å²) in [6.45, 7) is 0. The van der Waals surface area contributed by atoms with E-state index in [0.717, 1.165) is 39.0 Å². The monoisotopic (exact) mass is 384 g/mol. The molecule has 30 heavy (non-hydrogen) atoms. The van der Waals surface area contributed by atoms with Gasteiger partial charge in [0.15, 0.2) is 0 Å². The molecule has 1 aliphatic rings. The summed E-state index contributed by atoms with van der Waals surface area (Å²) in [5.74, 6) is 0. The summed E-state index contributed by atoms with van der Waals surface area (Å²) < 4.78 is 0. The van der Waals surface area contributed by atoms with Gasteiger partial charge >= 0.3 is 0 Å². The molecule has 4 N–H and O–H groups in total. The van der Waals surface area contributed by atoms with Crippen LogP contribution in [0, 0.1) is 0 Å². The van der Waals surface area contributed by atoms with Gasteiger partial charge in [0, 0.05) is 27.9 Å². The average molecular weight is 384 g/mol. The molecule has 0 spiro atoms. The number of rotatable bonds is 2. The van der Waals surface area contributed by atoms with Crippen molar-refractivity contribution in [2.45, 2.75) is 0 Å². The Balaban J connectivity index is 1.82. The standard InChI is InChI=1S/C28H20N2/c29-23-15-14-21-26-19(23)12-7-13-20(26)28-25(18-10-5-2-6-11-18)24(30)16-22(27(21)28)17-8-3-1-4-9-17/h1-16H,29-30H2. The van der Waals surface area contributed by atoms with Crippen LogP contribution in [0.15, 0.2) is 97.1 Å². The number of nitrogens with two attached hydrogens (primary N) is 2. The highest BCUT2D eigenvalue weighted by molar-refractivity contribution is 6.24. The molecule has 0 unspecified atom stereocenters. The quantitative estimate of drug-likeness (QED) is 0.316. The van der Waals surface area contributed by atoms with Crippen LogP contribution in [-0.4, -0.2) is 0 Å². The Kier molecular flexibility index (Phi) is 3.50. The van der Waals surface area contributed by atoms with E-state index >= 15 is 0 Å². The molecule has 0 saturated carbocycles. The van der Waals surface area contributed by atoms with Crippen molar-refractivity contribution in [3.8, 4) is 44.5 Å². The number of hydrogen-bond donors (Lipinski definition) is 2. The molecule has 0 aromatic heterocycles. The van der Waals surface area contributed by atoms with Crippen molar-refractivity contribution in [1.29, 1.82) is 0 Å². The van der Waals surface area contributed by atoms with E-state index in [2.05, 4.69) is 78.9 Å². The van der Waals surface area contributed by atoms with Gasteiger partial charge in [-0.2, -0.15) is 0 Å². The van der Waals surface area contributed by atoms with Crippen LogP contribution in [0.2, 0.25) is 0 Å². The first-order valence-electron chi connectivity index (χ1n) is 10.1. The Labute approximate surface area is 175 Å². The molecule has 0 atom stereocenters. The number of benzene rings is 5. The highest BCUT2D eigenvalue weighted by atomic mass is 14.6. The lowest BCUT2D eigenvalue weighted by Crippen LogP contribution is -1.96. The zero-order valence-electron chi connectivity index (χ0n) is 16.4. The van der Waals surface area contributed by atoms with Crippen molar-refractivity contribution in [3.05, 3.63) is 97.1 Å². The van der Waals surface area contributed by atoms with Crippen LogP contribution in [-0.2, 0) is 0 Å². The molecule has 2 heteroatoms. The van der Waals surface area contributed by atoms with Crippen molar-refractivity contribution in [3.63, 3.8) is 0 Å². The van der Waals surface area contributed by atoms with Gasteiger partial charge in [0.2, 0.25) is 0 Å². The predicted octanol–water partition coefficient (Wildman–Crippen LogP) is 6.99. The van der Waals surface area contributed by atoms with E-state index in [1.807, 2.05) is 18.2 Å². The minimum absolute atomic E-state index is 0.789. The summed E-state index contributed by atoms with van der Waals surface area (Å²) in [5.41, 5.74) is 24.1. The Hall–Kier alpha value is -4.04. The molecule has 142 valence electrons. The van der Waals surface area contributed by atoms with E-state index in [-0.39, 0.29) is 0 Å². The van der Waals surface area contributed by atoms with Crippen LogP contribution in [0.5, 0.6) is 0 Å². The van der Waals surface area contributed by atoms with Gasteiger partial charge in [-0.25, -0.2) is 0 Å². The zero-order valence-corrected chi connectivity index (χ0v) is 16.4. The highest BCUT2D eigenvalue weighted by Crippen LogP contribution is 2.56. The number of anilines is 2. The third kappa shape index (κ3) is 2.25. The molecule has 0 heterocycles. The molecule has 6 rings (SSSR count).